The Hall–Kier alpha value is -1.43. The molecule has 1 aliphatic rings. The fraction of sp³-hybridized carbons (Fsp3) is 0.364. The van der Waals surface area contributed by atoms with E-state index >= 15 is 0 Å². The number of ether oxygens (including phenoxy) is 1. The van der Waals surface area contributed by atoms with Crippen molar-refractivity contribution in [3.05, 3.63) is 35.6 Å². The van der Waals surface area contributed by atoms with Gasteiger partial charge < -0.3 is 4.74 Å². The average Bonchev–Trinajstić information content (AvgIpc) is 2.59. The van der Waals surface area contributed by atoms with Gasteiger partial charge in [0, 0.05) is 0 Å². The molecule has 1 aliphatic heterocycles. The number of esters is 1. The maximum absolute atomic E-state index is 12.6. The minimum absolute atomic E-state index is 0.0500. The first-order chi connectivity index (χ1) is 7.96. The summed E-state index contributed by atoms with van der Waals surface area (Å²) < 4.78 is 40.0. The SMILES string of the molecule is O=C(O[C@@H]1CCS(=O)(=O)C1)c1ccc(F)cc1. The van der Waals surface area contributed by atoms with E-state index in [4.69, 9.17) is 4.74 Å². The molecule has 1 fully saturated rings. The highest BCUT2D eigenvalue weighted by Crippen LogP contribution is 2.16. The van der Waals surface area contributed by atoms with E-state index in [0.29, 0.717) is 6.42 Å². The van der Waals surface area contributed by atoms with Crippen molar-refractivity contribution in [1.29, 1.82) is 0 Å². The summed E-state index contributed by atoms with van der Waals surface area (Å²) in [5, 5.41) is 0. The van der Waals surface area contributed by atoms with E-state index < -0.39 is 27.7 Å². The van der Waals surface area contributed by atoms with Gasteiger partial charge in [-0.15, -0.1) is 0 Å². The van der Waals surface area contributed by atoms with E-state index in [1.54, 1.807) is 0 Å². The van der Waals surface area contributed by atoms with Crippen LogP contribution in [-0.2, 0) is 14.6 Å². The van der Waals surface area contributed by atoms with E-state index in [9.17, 15) is 17.6 Å². The number of rotatable bonds is 2. The molecule has 0 spiro atoms. The van der Waals surface area contributed by atoms with Gasteiger partial charge in [-0.25, -0.2) is 17.6 Å². The van der Waals surface area contributed by atoms with Gasteiger partial charge in [-0.2, -0.15) is 0 Å². The fourth-order valence-corrected chi connectivity index (χ4v) is 3.25. The lowest BCUT2D eigenvalue weighted by molar-refractivity contribution is 0.0356. The zero-order chi connectivity index (χ0) is 12.5. The molecule has 92 valence electrons. The van der Waals surface area contributed by atoms with Crippen LogP contribution in [0.25, 0.3) is 0 Å². The van der Waals surface area contributed by atoms with E-state index in [1.165, 1.54) is 12.1 Å². The molecular weight excluding hydrogens is 247 g/mol. The minimum atomic E-state index is -3.07. The van der Waals surface area contributed by atoms with Gasteiger partial charge in [-0.3, -0.25) is 0 Å². The Balaban J connectivity index is 2.01. The lowest BCUT2D eigenvalue weighted by Crippen LogP contribution is -2.19. The standard InChI is InChI=1S/C11H11FO4S/c12-9-3-1-8(2-4-9)11(13)16-10-5-6-17(14,15)7-10/h1-4,10H,5-7H2/t10-/m1/s1. The number of sulfone groups is 1. The van der Waals surface area contributed by atoms with Gasteiger partial charge in [0.15, 0.2) is 9.84 Å². The van der Waals surface area contributed by atoms with Crippen LogP contribution in [0, 0.1) is 5.82 Å². The van der Waals surface area contributed by atoms with Crippen molar-refractivity contribution in [1.82, 2.24) is 0 Å². The van der Waals surface area contributed by atoms with Gasteiger partial charge >= 0.3 is 5.97 Å². The van der Waals surface area contributed by atoms with Crippen molar-refractivity contribution in [2.45, 2.75) is 12.5 Å². The normalized spacial score (nSPS) is 22.3. The lowest BCUT2D eigenvalue weighted by atomic mass is 10.2. The van der Waals surface area contributed by atoms with Gasteiger partial charge in [-0.1, -0.05) is 0 Å². The quantitative estimate of drug-likeness (QED) is 0.747. The molecule has 6 heteroatoms. The van der Waals surface area contributed by atoms with Crippen molar-refractivity contribution in [2.75, 3.05) is 11.5 Å². The first-order valence-electron chi connectivity index (χ1n) is 5.13. The van der Waals surface area contributed by atoms with Crippen LogP contribution in [0.4, 0.5) is 4.39 Å². The van der Waals surface area contributed by atoms with Crippen molar-refractivity contribution in [2.24, 2.45) is 0 Å². The van der Waals surface area contributed by atoms with E-state index in [0.717, 1.165) is 12.1 Å². The molecule has 0 aliphatic carbocycles. The second-order valence-electron chi connectivity index (χ2n) is 3.94. The zero-order valence-electron chi connectivity index (χ0n) is 8.93. The summed E-state index contributed by atoms with van der Waals surface area (Å²) in [6, 6.07) is 4.92. The Morgan fingerprint density at radius 2 is 1.94 bits per heavy atom. The smallest absolute Gasteiger partial charge is 0.338 e. The molecular formula is C11H11FO4S. The molecule has 1 aromatic carbocycles. The second kappa shape index (κ2) is 4.44. The largest absolute Gasteiger partial charge is 0.458 e. The van der Waals surface area contributed by atoms with Crippen LogP contribution >= 0.6 is 0 Å². The summed E-state index contributed by atoms with van der Waals surface area (Å²) in [6.07, 6.45) is -0.257. The Morgan fingerprint density at radius 1 is 1.29 bits per heavy atom. The predicted octanol–water partition coefficient (Wildman–Crippen LogP) is 1.17. The highest BCUT2D eigenvalue weighted by Gasteiger charge is 2.30. The molecule has 17 heavy (non-hydrogen) atoms. The zero-order valence-corrected chi connectivity index (χ0v) is 9.74. The highest BCUT2D eigenvalue weighted by molar-refractivity contribution is 7.91. The third-order valence-corrected chi connectivity index (χ3v) is 4.28. The Labute approximate surface area is 98.3 Å². The predicted molar refractivity (Wildman–Crippen MR) is 58.9 cm³/mol. The van der Waals surface area contributed by atoms with Crippen molar-refractivity contribution in [3.8, 4) is 0 Å². The third kappa shape index (κ3) is 3.03. The summed E-state index contributed by atoms with van der Waals surface area (Å²) in [5.74, 6) is -1.13. The summed E-state index contributed by atoms with van der Waals surface area (Å²) in [5.41, 5.74) is 0.218. The minimum Gasteiger partial charge on any atom is -0.458 e. The third-order valence-electron chi connectivity index (χ3n) is 2.54. The number of hydrogen-bond donors (Lipinski definition) is 0. The van der Waals surface area contributed by atoms with Crippen LogP contribution in [0.15, 0.2) is 24.3 Å². The van der Waals surface area contributed by atoms with Gasteiger partial charge in [0.1, 0.15) is 11.9 Å². The van der Waals surface area contributed by atoms with Gasteiger partial charge in [0.25, 0.3) is 0 Å². The molecule has 0 bridgehead atoms. The number of hydrogen-bond acceptors (Lipinski definition) is 4. The highest BCUT2D eigenvalue weighted by atomic mass is 32.2. The van der Waals surface area contributed by atoms with Gasteiger partial charge in [-0.05, 0) is 30.7 Å². The van der Waals surface area contributed by atoms with Crippen molar-refractivity contribution < 1.29 is 22.3 Å². The fourth-order valence-electron chi connectivity index (χ4n) is 1.66. The molecule has 0 N–H and O–H groups in total. The second-order valence-corrected chi connectivity index (χ2v) is 6.17. The topological polar surface area (TPSA) is 60.4 Å². The van der Waals surface area contributed by atoms with Crippen LogP contribution < -0.4 is 0 Å². The summed E-state index contributed by atoms with van der Waals surface area (Å²) in [6.45, 7) is 0. The Kier molecular flexibility index (Phi) is 3.15. The molecule has 0 saturated carbocycles. The Bertz CT molecular complexity index is 521. The summed E-state index contributed by atoms with van der Waals surface area (Å²) >= 11 is 0. The van der Waals surface area contributed by atoms with Crippen LogP contribution in [0.1, 0.15) is 16.8 Å². The maximum atomic E-state index is 12.6. The number of carbonyl (C=O) groups excluding carboxylic acids is 1. The molecule has 2 rings (SSSR count). The van der Waals surface area contributed by atoms with Gasteiger partial charge in [0.2, 0.25) is 0 Å². The maximum Gasteiger partial charge on any atom is 0.338 e. The van der Waals surface area contributed by atoms with Crippen LogP contribution in [0.5, 0.6) is 0 Å². The summed E-state index contributed by atoms with van der Waals surface area (Å²) in [7, 11) is -3.07. The number of benzene rings is 1. The Morgan fingerprint density at radius 3 is 2.47 bits per heavy atom. The molecule has 0 radical (unpaired) electrons. The first-order valence-corrected chi connectivity index (χ1v) is 6.95. The van der Waals surface area contributed by atoms with E-state index in [-0.39, 0.29) is 17.1 Å². The lowest BCUT2D eigenvalue weighted by Gasteiger charge is -2.09. The average molecular weight is 258 g/mol. The first kappa shape index (κ1) is 12.0. The summed E-state index contributed by atoms with van der Waals surface area (Å²) in [4.78, 5) is 11.6. The van der Waals surface area contributed by atoms with Crippen molar-refractivity contribution >= 4 is 15.8 Å². The van der Waals surface area contributed by atoms with E-state index in [2.05, 4.69) is 0 Å². The van der Waals surface area contributed by atoms with Crippen molar-refractivity contribution in [3.63, 3.8) is 0 Å². The van der Waals surface area contributed by atoms with Crippen LogP contribution in [0.2, 0.25) is 0 Å². The monoisotopic (exact) mass is 258 g/mol. The molecule has 0 aromatic heterocycles. The molecule has 4 nitrogen and oxygen atoms in total. The molecule has 0 unspecified atom stereocenters. The molecule has 1 atom stereocenters. The van der Waals surface area contributed by atoms with E-state index in [1.807, 2.05) is 0 Å². The number of carbonyl (C=O) groups is 1. The molecule has 1 saturated heterocycles. The molecule has 1 heterocycles. The van der Waals surface area contributed by atoms with Crippen LogP contribution in [-0.4, -0.2) is 32.0 Å². The molecule has 0 amide bonds. The van der Waals surface area contributed by atoms with Gasteiger partial charge in [0.05, 0.1) is 17.1 Å². The molecule has 1 aromatic rings. The van der Waals surface area contributed by atoms with Crippen LogP contribution in [0.3, 0.4) is 0 Å². The number of halogens is 1.